The Morgan fingerprint density at radius 3 is 2.74 bits per heavy atom. The molecular weight excluding hydrogens is 492 g/mol. The smallest absolute Gasteiger partial charge is 0.224 e. The second-order valence-corrected chi connectivity index (χ2v) is 10.0. The van der Waals surface area contributed by atoms with Crippen LogP contribution in [0, 0.1) is 5.92 Å². The molecule has 1 amide bonds. The van der Waals surface area contributed by atoms with Crippen molar-refractivity contribution >= 4 is 33.7 Å². The molecular formula is C29H26N8O2. The second kappa shape index (κ2) is 9.79. The van der Waals surface area contributed by atoms with Crippen LogP contribution in [0.15, 0.2) is 65.9 Å². The van der Waals surface area contributed by atoms with E-state index in [1.54, 1.807) is 31.1 Å². The molecule has 6 heterocycles. The number of anilines is 1. The quantitative estimate of drug-likeness (QED) is 0.241. The molecule has 10 nitrogen and oxygen atoms in total. The third-order valence-corrected chi connectivity index (χ3v) is 7.34. The molecule has 0 atom stereocenters. The number of carbonyl (C=O) groups excluding carboxylic acids is 1. The fraction of sp³-hybridized carbons (Fsp3) is 0.241. The average molecular weight is 519 g/mol. The summed E-state index contributed by atoms with van der Waals surface area (Å²) in [4.78, 5) is 34.6. The fourth-order valence-corrected chi connectivity index (χ4v) is 5.40. The number of nitrogens with zero attached hydrogens (tertiary/aromatic N) is 5. The number of aromatic amines is 2. The number of furan rings is 1. The number of aromatic nitrogens is 7. The molecule has 6 aromatic heterocycles. The summed E-state index contributed by atoms with van der Waals surface area (Å²) >= 11 is 0. The normalized spacial score (nSPS) is 14.3. The Labute approximate surface area is 223 Å². The molecule has 194 valence electrons. The number of amides is 1. The van der Waals surface area contributed by atoms with Gasteiger partial charge in [-0.1, -0.05) is 19.3 Å². The molecule has 10 heteroatoms. The van der Waals surface area contributed by atoms with Crippen LogP contribution < -0.4 is 5.32 Å². The van der Waals surface area contributed by atoms with E-state index < -0.39 is 0 Å². The van der Waals surface area contributed by atoms with Gasteiger partial charge in [-0.3, -0.25) is 19.9 Å². The predicted molar refractivity (Wildman–Crippen MR) is 148 cm³/mol. The Morgan fingerprint density at radius 1 is 0.974 bits per heavy atom. The van der Waals surface area contributed by atoms with Crippen molar-refractivity contribution in [3.63, 3.8) is 0 Å². The van der Waals surface area contributed by atoms with Crippen molar-refractivity contribution in [1.82, 2.24) is 35.1 Å². The standard InChI is InChI=1S/C29H26N8O2/c38-24(12-17-4-2-1-3-5-17)32-20-13-19(14-30-15-20)21-6-7-23-27(33-21)28(37-36-23)29-34-22-8-10-31-25(26(22)35-29)18-9-11-39-16-18/h6-11,13-17H,1-5,12H2,(H,32,38)(H,34,35)(H,36,37). The Bertz CT molecular complexity index is 1780. The Kier molecular flexibility index (Phi) is 5.84. The predicted octanol–water partition coefficient (Wildman–Crippen LogP) is 6.13. The van der Waals surface area contributed by atoms with Gasteiger partial charge in [0, 0.05) is 29.9 Å². The zero-order valence-corrected chi connectivity index (χ0v) is 21.1. The van der Waals surface area contributed by atoms with Gasteiger partial charge in [-0.15, -0.1) is 0 Å². The lowest BCUT2D eigenvalue weighted by Gasteiger charge is -2.20. The van der Waals surface area contributed by atoms with Gasteiger partial charge < -0.3 is 14.7 Å². The molecule has 0 aromatic carbocycles. The number of rotatable bonds is 6. The first-order valence-electron chi connectivity index (χ1n) is 13.2. The van der Waals surface area contributed by atoms with Crippen molar-refractivity contribution in [2.75, 3.05) is 5.32 Å². The first-order valence-corrected chi connectivity index (χ1v) is 13.2. The highest BCUT2D eigenvalue weighted by atomic mass is 16.3. The molecule has 0 spiro atoms. The van der Waals surface area contributed by atoms with E-state index in [1.165, 1.54) is 19.3 Å². The van der Waals surface area contributed by atoms with Crippen molar-refractivity contribution in [2.45, 2.75) is 38.5 Å². The van der Waals surface area contributed by atoms with Crippen LogP contribution in [-0.2, 0) is 4.79 Å². The maximum Gasteiger partial charge on any atom is 0.224 e. The molecule has 0 saturated heterocycles. The van der Waals surface area contributed by atoms with Crippen molar-refractivity contribution in [3.05, 3.63) is 61.4 Å². The summed E-state index contributed by atoms with van der Waals surface area (Å²) in [7, 11) is 0. The highest BCUT2D eigenvalue weighted by Gasteiger charge is 2.19. The van der Waals surface area contributed by atoms with Gasteiger partial charge in [0.2, 0.25) is 5.91 Å². The van der Waals surface area contributed by atoms with Gasteiger partial charge in [-0.2, -0.15) is 5.10 Å². The van der Waals surface area contributed by atoms with Crippen LogP contribution in [0.5, 0.6) is 0 Å². The second-order valence-electron chi connectivity index (χ2n) is 10.0. The summed E-state index contributed by atoms with van der Waals surface area (Å²) in [5, 5.41) is 10.6. The van der Waals surface area contributed by atoms with Crippen LogP contribution in [0.3, 0.4) is 0 Å². The SMILES string of the molecule is O=C(CC1CCCCC1)Nc1cncc(-c2ccc3[nH]nc(-c4nc5c(-c6ccoc6)nccc5[nH]4)c3n2)c1. The summed E-state index contributed by atoms with van der Waals surface area (Å²) in [5.41, 5.74) is 7.39. The van der Waals surface area contributed by atoms with Crippen molar-refractivity contribution in [2.24, 2.45) is 5.92 Å². The van der Waals surface area contributed by atoms with E-state index in [-0.39, 0.29) is 5.91 Å². The van der Waals surface area contributed by atoms with E-state index in [1.807, 2.05) is 30.3 Å². The van der Waals surface area contributed by atoms with Gasteiger partial charge in [-0.05, 0) is 49.1 Å². The molecule has 6 aromatic rings. The highest BCUT2D eigenvalue weighted by molar-refractivity contribution is 5.95. The van der Waals surface area contributed by atoms with Crippen LogP contribution in [-0.4, -0.2) is 41.0 Å². The average Bonchev–Trinajstić information content (AvgIpc) is 3.73. The number of imidazole rings is 1. The van der Waals surface area contributed by atoms with Crippen LogP contribution in [0.4, 0.5) is 5.69 Å². The molecule has 0 aliphatic heterocycles. The summed E-state index contributed by atoms with van der Waals surface area (Å²) in [5.74, 6) is 1.10. The third kappa shape index (κ3) is 4.54. The number of hydrogen-bond acceptors (Lipinski definition) is 7. The number of carbonyl (C=O) groups is 1. The lowest BCUT2D eigenvalue weighted by atomic mass is 9.87. The largest absolute Gasteiger partial charge is 0.472 e. The molecule has 7 rings (SSSR count). The number of hydrogen-bond donors (Lipinski definition) is 3. The minimum atomic E-state index is 0.0375. The van der Waals surface area contributed by atoms with Gasteiger partial charge in [0.25, 0.3) is 0 Å². The maximum atomic E-state index is 12.7. The minimum absolute atomic E-state index is 0.0375. The zero-order valence-electron chi connectivity index (χ0n) is 21.1. The molecule has 0 radical (unpaired) electrons. The summed E-state index contributed by atoms with van der Waals surface area (Å²) in [6, 6.07) is 9.49. The fourth-order valence-electron chi connectivity index (χ4n) is 5.40. The van der Waals surface area contributed by atoms with E-state index in [9.17, 15) is 4.79 Å². The van der Waals surface area contributed by atoms with Crippen LogP contribution >= 0.6 is 0 Å². The van der Waals surface area contributed by atoms with E-state index in [0.29, 0.717) is 35.1 Å². The van der Waals surface area contributed by atoms with Gasteiger partial charge in [0.05, 0.1) is 41.1 Å². The number of nitrogens with one attached hydrogen (secondary N) is 3. The molecule has 0 bridgehead atoms. The van der Waals surface area contributed by atoms with E-state index in [2.05, 4.69) is 30.5 Å². The number of pyridine rings is 3. The number of H-pyrrole nitrogens is 2. The van der Waals surface area contributed by atoms with Crippen molar-refractivity contribution < 1.29 is 9.21 Å². The molecule has 1 fully saturated rings. The summed E-state index contributed by atoms with van der Waals surface area (Å²) in [6.07, 6.45) is 15.0. The van der Waals surface area contributed by atoms with E-state index >= 15 is 0 Å². The molecule has 1 aliphatic carbocycles. The van der Waals surface area contributed by atoms with Gasteiger partial charge >= 0.3 is 0 Å². The van der Waals surface area contributed by atoms with E-state index in [0.717, 1.165) is 51.9 Å². The monoisotopic (exact) mass is 518 g/mol. The topological polar surface area (TPSA) is 138 Å². The van der Waals surface area contributed by atoms with E-state index in [4.69, 9.17) is 14.4 Å². The molecule has 3 N–H and O–H groups in total. The first-order chi connectivity index (χ1) is 19.2. The Balaban J connectivity index is 1.19. The summed E-state index contributed by atoms with van der Waals surface area (Å²) in [6.45, 7) is 0. The number of fused-ring (bicyclic) bond motifs is 2. The third-order valence-electron chi connectivity index (χ3n) is 7.34. The van der Waals surface area contributed by atoms with Crippen molar-refractivity contribution in [1.29, 1.82) is 0 Å². The first kappa shape index (κ1) is 23.3. The van der Waals surface area contributed by atoms with Gasteiger partial charge in [0.15, 0.2) is 11.5 Å². The van der Waals surface area contributed by atoms with Crippen LogP contribution in [0.2, 0.25) is 0 Å². The van der Waals surface area contributed by atoms with Gasteiger partial charge in [-0.25, -0.2) is 9.97 Å². The Hall–Kier alpha value is -4.86. The molecule has 1 saturated carbocycles. The van der Waals surface area contributed by atoms with Crippen molar-refractivity contribution in [3.8, 4) is 34.0 Å². The van der Waals surface area contributed by atoms with Crippen LogP contribution in [0.25, 0.3) is 56.1 Å². The van der Waals surface area contributed by atoms with Gasteiger partial charge in [0.1, 0.15) is 16.7 Å². The minimum Gasteiger partial charge on any atom is -0.472 e. The highest BCUT2D eigenvalue weighted by Crippen LogP contribution is 2.31. The lowest BCUT2D eigenvalue weighted by molar-refractivity contribution is -0.117. The zero-order chi connectivity index (χ0) is 26.2. The summed E-state index contributed by atoms with van der Waals surface area (Å²) < 4.78 is 5.24. The maximum absolute atomic E-state index is 12.7. The molecule has 0 unspecified atom stereocenters. The Morgan fingerprint density at radius 2 is 1.87 bits per heavy atom. The molecule has 39 heavy (non-hydrogen) atoms. The molecule has 1 aliphatic rings. The lowest BCUT2D eigenvalue weighted by Crippen LogP contribution is -2.18. The van der Waals surface area contributed by atoms with Crippen LogP contribution in [0.1, 0.15) is 38.5 Å².